The molecule has 30 heavy (non-hydrogen) atoms. The molecule has 1 aromatic rings. The number of benzene rings is 1. The van der Waals surface area contributed by atoms with Crippen LogP contribution in [0.15, 0.2) is 29.3 Å². The Morgan fingerprint density at radius 3 is 2.47 bits per heavy atom. The standard InChI is InChI=1S/C22H36FN5O.HI/c1-22(2,3)26-20(29)16-27(5)21(24-4)25-14-17-10-12-28(13-11-17)15-18-8-6-7-9-19(18)23;/h6-9,17H,10-16H2,1-5H3,(H,24,25)(H,26,29);1H. The summed E-state index contributed by atoms with van der Waals surface area (Å²) in [4.78, 5) is 20.6. The van der Waals surface area contributed by atoms with Crippen LogP contribution in [-0.4, -0.2) is 67.5 Å². The molecule has 1 aromatic carbocycles. The molecular formula is C22H37FIN5O. The number of guanidine groups is 1. The van der Waals surface area contributed by atoms with Crippen LogP contribution in [-0.2, 0) is 11.3 Å². The van der Waals surface area contributed by atoms with Gasteiger partial charge in [-0.15, -0.1) is 24.0 Å². The molecule has 2 N–H and O–H groups in total. The van der Waals surface area contributed by atoms with Gasteiger partial charge in [-0.3, -0.25) is 14.7 Å². The lowest BCUT2D eigenvalue weighted by Crippen LogP contribution is -2.49. The van der Waals surface area contributed by atoms with Crippen LogP contribution in [0.2, 0.25) is 0 Å². The number of piperidine rings is 1. The fourth-order valence-electron chi connectivity index (χ4n) is 3.58. The van der Waals surface area contributed by atoms with Crippen LogP contribution < -0.4 is 10.6 Å². The Kier molecular flexibility index (Phi) is 11.0. The van der Waals surface area contributed by atoms with E-state index in [4.69, 9.17) is 0 Å². The van der Waals surface area contributed by atoms with Crippen molar-refractivity contribution in [2.75, 3.05) is 40.3 Å². The fourth-order valence-corrected chi connectivity index (χ4v) is 3.58. The van der Waals surface area contributed by atoms with Crippen molar-refractivity contribution >= 4 is 35.8 Å². The third-order valence-electron chi connectivity index (χ3n) is 5.08. The number of hydrogen-bond donors (Lipinski definition) is 2. The van der Waals surface area contributed by atoms with Gasteiger partial charge < -0.3 is 15.5 Å². The van der Waals surface area contributed by atoms with Gasteiger partial charge >= 0.3 is 0 Å². The normalized spacial score (nSPS) is 16.0. The molecule has 0 atom stereocenters. The zero-order valence-corrected chi connectivity index (χ0v) is 21.2. The van der Waals surface area contributed by atoms with Gasteiger partial charge in [-0.1, -0.05) is 18.2 Å². The highest BCUT2D eigenvalue weighted by atomic mass is 127. The topological polar surface area (TPSA) is 60.0 Å². The van der Waals surface area contributed by atoms with Gasteiger partial charge in [-0.2, -0.15) is 0 Å². The molecule has 1 fully saturated rings. The quantitative estimate of drug-likeness (QED) is 0.336. The zero-order valence-electron chi connectivity index (χ0n) is 18.9. The first-order valence-corrected chi connectivity index (χ1v) is 10.4. The maximum absolute atomic E-state index is 13.8. The largest absolute Gasteiger partial charge is 0.356 e. The van der Waals surface area contributed by atoms with Crippen LogP contribution in [0.3, 0.4) is 0 Å². The maximum atomic E-state index is 13.8. The highest BCUT2D eigenvalue weighted by molar-refractivity contribution is 14.0. The summed E-state index contributed by atoms with van der Waals surface area (Å²) in [5.41, 5.74) is 0.519. The van der Waals surface area contributed by atoms with E-state index in [1.54, 1.807) is 13.1 Å². The second kappa shape index (κ2) is 12.4. The van der Waals surface area contributed by atoms with E-state index in [9.17, 15) is 9.18 Å². The molecule has 0 radical (unpaired) electrons. The number of halogens is 2. The van der Waals surface area contributed by atoms with Crippen molar-refractivity contribution in [2.45, 2.75) is 45.7 Å². The predicted molar refractivity (Wildman–Crippen MR) is 132 cm³/mol. The average Bonchev–Trinajstić information content (AvgIpc) is 2.63. The SMILES string of the molecule is CN=C(NCC1CCN(Cc2ccccc2F)CC1)N(C)CC(=O)NC(C)(C)C.I. The predicted octanol–water partition coefficient (Wildman–Crippen LogP) is 3.08. The van der Waals surface area contributed by atoms with Crippen molar-refractivity contribution in [3.63, 3.8) is 0 Å². The van der Waals surface area contributed by atoms with E-state index in [1.807, 2.05) is 44.9 Å². The highest BCUT2D eigenvalue weighted by Gasteiger charge is 2.21. The van der Waals surface area contributed by atoms with Gasteiger partial charge in [0.15, 0.2) is 5.96 Å². The maximum Gasteiger partial charge on any atom is 0.240 e. The van der Waals surface area contributed by atoms with Crippen molar-refractivity contribution in [3.05, 3.63) is 35.6 Å². The van der Waals surface area contributed by atoms with E-state index in [-0.39, 0.29) is 47.8 Å². The Labute approximate surface area is 197 Å². The molecule has 8 heteroatoms. The molecule has 1 aliphatic heterocycles. The Morgan fingerprint density at radius 1 is 1.27 bits per heavy atom. The third kappa shape index (κ3) is 9.16. The van der Waals surface area contributed by atoms with Crippen molar-refractivity contribution in [1.29, 1.82) is 0 Å². The van der Waals surface area contributed by atoms with Crippen LogP contribution >= 0.6 is 24.0 Å². The van der Waals surface area contributed by atoms with E-state index in [2.05, 4.69) is 20.5 Å². The molecule has 0 spiro atoms. The summed E-state index contributed by atoms with van der Waals surface area (Å²) in [6.45, 7) is 9.58. The molecule has 0 bridgehead atoms. The Hall–Kier alpha value is -1.42. The lowest BCUT2D eigenvalue weighted by Gasteiger charge is -2.33. The van der Waals surface area contributed by atoms with Crippen molar-refractivity contribution in [3.8, 4) is 0 Å². The fraction of sp³-hybridized carbons (Fsp3) is 0.636. The molecule has 0 aromatic heterocycles. The molecule has 0 saturated carbocycles. The number of carbonyl (C=O) groups is 1. The molecule has 0 unspecified atom stereocenters. The number of likely N-dealkylation sites (tertiary alicyclic amines) is 1. The molecule has 1 aliphatic rings. The van der Waals surface area contributed by atoms with E-state index in [0.29, 0.717) is 12.5 Å². The summed E-state index contributed by atoms with van der Waals surface area (Å²) >= 11 is 0. The van der Waals surface area contributed by atoms with E-state index in [1.165, 1.54) is 6.07 Å². The average molecular weight is 533 g/mol. The Morgan fingerprint density at radius 2 is 1.90 bits per heavy atom. The van der Waals surface area contributed by atoms with E-state index in [0.717, 1.165) is 44.0 Å². The summed E-state index contributed by atoms with van der Waals surface area (Å²) in [6, 6.07) is 7.00. The summed E-state index contributed by atoms with van der Waals surface area (Å²) < 4.78 is 13.8. The highest BCUT2D eigenvalue weighted by Crippen LogP contribution is 2.19. The second-order valence-corrected chi connectivity index (χ2v) is 8.89. The van der Waals surface area contributed by atoms with Crippen molar-refractivity contribution in [1.82, 2.24) is 20.4 Å². The smallest absolute Gasteiger partial charge is 0.240 e. The molecule has 1 saturated heterocycles. The monoisotopic (exact) mass is 533 g/mol. The number of carbonyl (C=O) groups excluding carboxylic acids is 1. The molecule has 170 valence electrons. The summed E-state index contributed by atoms with van der Waals surface area (Å²) in [6.07, 6.45) is 2.12. The summed E-state index contributed by atoms with van der Waals surface area (Å²) in [5, 5.41) is 6.37. The third-order valence-corrected chi connectivity index (χ3v) is 5.08. The first-order valence-electron chi connectivity index (χ1n) is 10.4. The number of rotatable bonds is 6. The minimum Gasteiger partial charge on any atom is -0.356 e. The van der Waals surface area contributed by atoms with E-state index >= 15 is 0 Å². The first kappa shape index (κ1) is 26.6. The van der Waals surface area contributed by atoms with Gasteiger partial charge in [0, 0.05) is 38.3 Å². The summed E-state index contributed by atoms with van der Waals surface area (Å²) in [5.74, 6) is 1.12. The minimum absolute atomic E-state index is 0. The van der Waals surface area contributed by atoms with Crippen LogP contribution in [0.5, 0.6) is 0 Å². The number of aliphatic imine (C=N–C) groups is 1. The van der Waals surface area contributed by atoms with E-state index < -0.39 is 0 Å². The van der Waals surface area contributed by atoms with Crippen molar-refractivity contribution in [2.24, 2.45) is 10.9 Å². The van der Waals surface area contributed by atoms with Crippen molar-refractivity contribution < 1.29 is 9.18 Å². The lowest BCUT2D eigenvalue weighted by atomic mass is 9.96. The van der Waals surface area contributed by atoms with Crippen LogP contribution in [0.1, 0.15) is 39.2 Å². The van der Waals surface area contributed by atoms with Crippen LogP contribution in [0.25, 0.3) is 0 Å². The van der Waals surface area contributed by atoms with Gasteiger partial charge in [0.1, 0.15) is 5.82 Å². The number of amides is 1. The number of hydrogen-bond acceptors (Lipinski definition) is 3. The number of nitrogens with one attached hydrogen (secondary N) is 2. The number of nitrogens with zero attached hydrogens (tertiary/aromatic N) is 3. The lowest BCUT2D eigenvalue weighted by molar-refractivity contribution is -0.122. The molecular weight excluding hydrogens is 496 g/mol. The van der Waals surface area contributed by atoms with Crippen LogP contribution in [0, 0.1) is 11.7 Å². The molecule has 2 rings (SSSR count). The van der Waals surface area contributed by atoms with Gasteiger partial charge in [-0.25, -0.2) is 4.39 Å². The molecule has 6 nitrogen and oxygen atoms in total. The van der Waals surface area contributed by atoms with Gasteiger partial charge in [-0.05, 0) is 58.7 Å². The first-order chi connectivity index (χ1) is 13.7. The minimum atomic E-state index is -0.245. The second-order valence-electron chi connectivity index (χ2n) is 8.89. The van der Waals surface area contributed by atoms with Crippen LogP contribution in [0.4, 0.5) is 4.39 Å². The van der Waals surface area contributed by atoms with Gasteiger partial charge in [0.2, 0.25) is 5.91 Å². The Balaban J connectivity index is 0.00000450. The van der Waals surface area contributed by atoms with Gasteiger partial charge in [0.25, 0.3) is 0 Å². The Bertz CT molecular complexity index is 699. The molecule has 1 amide bonds. The summed E-state index contributed by atoms with van der Waals surface area (Å²) in [7, 11) is 3.60. The molecule has 1 heterocycles. The zero-order chi connectivity index (χ0) is 21.4. The molecule has 0 aliphatic carbocycles. The number of likely N-dealkylation sites (N-methyl/N-ethyl adjacent to an activating group) is 1. The van der Waals surface area contributed by atoms with Gasteiger partial charge in [0.05, 0.1) is 6.54 Å².